The van der Waals surface area contributed by atoms with Gasteiger partial charge in [-0.2, -0.15) is 0 Å². The largest absolute Gasteiger partial charge is 0.494 e. The lowest BCUT2D eigenvalue weighted by molar-refractivity contribution is 0.269. The highest BCUT2D eigenvalue weighted by molar-refractivity contribution is 6.30. The molecule has 0 radical (unpaired) electrons. The molecule has 6 heteroatoms. The van der Waals surface area contributed by atoms with E-state index in [9.17, 15) is 4.79 Å². The average Bonchev–Trinajstić information content (AvgIpc) is 3.13. The van der Waals surface area contributed by atoms with Crippen molar-refractivity contribution in [1.29, 1.82) is 0 Å². The first-order chi connectivity index (χ1) is 13.2. The zero-order valence-electron chi connectivity index (χ0n) is 14.4. The lowest BCUT2D eigenvalue weighted by atomic mass is 10.1. The first-order valence-corrected chi connectivity index (χ1v) is 9.04. The molecule has 0 atom stereocenters. The van der Waals surface area contributed by atoms with Crippen molar-refractivity contribution >= 4 is 33.5 Å². The fourth-order valence-corrected chi connectivity index (χ4v) is 2.99. The summed E-state index contributed by atoms with van der Waals surface area (Å²) in [4.78, 5) is 11.5. The van der Waals surface area contributed by atoms with Gasteiger partial charge in [-0.3, -0.25) is 0 Å². The van der Waals surface area contributed by atoms with E-state index in [1.54, 1.807) is 30.5 Å². The maximum atomic E-state index is 11.5. The van der Waals surface area contributed by atoms with Gasteiger partial charge in [0.1, 0.15) is 22.7 Å². The Balaban J connectivity index is 1.38. The summed E-state index contributed by atoms with van der Waals surface area (Å²) in [5.74, 6) is 1.46. The molecule has 0 aliphatic carbocycles. The summed E-state index contributed by atoms with van der Waals surface area (Å²) in [5.41, 5.74) is 0.669. The van der Waals surface area contributed by atoms with Crippen LogP contribution in [0.25, 0.3) is 21.9 Å². The van der Waals surface area contributed by atoms with Crippen LogP contribution >= 0.6 is 11.6 Å². The van der Waals surface area contributed by atoms with Crippen molar-refractivity contribution in [3.05, 3.63) is 70.2 Å². The Morgan fingerprint density at radius 1 is 0.852 bits per heavy atom. The number of ether oxygens (including phenoxy) is 2. The predicted octanol–water partition coefficient (Wildman–Crippen LogP) is 5.43. The smallest absolute Gasteiger partial charge is 0.336 e. The number of benzene rings is 2. The fourth-order valence-electron chi connectivity index (χ4n) is 2.86. The number of fused-ring (bicyclic) bond motifs is 2. The zero-order valence-corrected chi connectivity index (χ0v) is 15.2. The summed E-state index contributed by atoms with van der Waals surface area (Å²) in [6, 6.07) is 14.0. The molecule has 2 aromatic heterocycles. The van der Waals surface area contributed by atoms with Crippen LogP contribution in [0.4, 0.5) is 0 Å². The monoisotopic (exact) mass is 384 g/mol. The predicted molar refractivity (Wildman–Crippen MR) is 104 cm³/mol. The number of halogens is 1. The SMILES string of the molecule is O=c1ccc2c(OCCCCOc3ccc(Cl)cc3)c3ccoc3cc2o1. The van der Waals surface area contributed by atoms with Crippen molar-refractivity contribution < 1.29 is 18.3 Å². The Bertz CT molecular complexity index is 1110. The topological polar surface area (TPSA) is 61.8 Å². The molecule has 138 valence electrons. The first kappa shape index (κ1) is 17.5. The molecule has 0 bridgehead atoms. The number of rotatable bonds is 7. The first-order valence-electron chi connectivity index (χ1n) is 8.66. The minimum Gasteiger partial charge on any atom is -0.494 e. The van der Waals surface area contributed by atoms with Crippen LogP contribution in [0, 0.1) is 0 Å². The number of hydrogen-bond donors (Lipinski definition) is 0. The fraction of sp³-hybridized carbons (Fsp3) is 0.190. The van der Waals surface area contributed by atoms with Gasteiger partial charge in [0.2, 0.25) is 0 Å². The summed E-state index contributed by atoms with van der Waals surface area (Å²) in [6.07, 6.45) is 3.26. The van der Waals surface area contributed by atoms with E-state index in [-0.39, 0.29) is 0 Å². The molecule has 0 fully saturated rings. The van der Waals surface area contributed by atoms with Gasteiger partial charge in [-0.15, -0.1) is 0 Å². The van der Waals surface area contributed by atoms with Crippen molar-refractivity contribution in [2.24, 2.45) is 0 Å². The van der Waals surface area contributed by atoms with Crippen LogP contribution in [-0.4, -0.2) is 13.2 Å². The maximum absolute atomic E-state index is 11.5. The zero-order chi connectivity index (χ0) is 18.6. The van der Waals surface area contributed by atoms with Crippen LogP contribution in [0.15, 0.2) is 68.4 Å². The molecule has 4 aromatic rings. The van der Waals surface area contributed by atoms with Gasteiger partial charge in [0.15, 0.2) is 0 Å². The number of hydrogen-bond acceptors (Lipinski definition) is 5. The number of unbranched alkanes of at least 4 members (excludes halogenated alkanes) is 1. The molecule has 0 N–H and O–H groups in total. The summed E-state index contributed by atoms with van der Waals surface area (Å²) >= 11 is 5.85. The summed E-state index contributed by atoms with van der Waals surface area (Å²) in [7, 11) is 0. The molecule has 27 heavy (non-hydrogen) atoms. The Kier molecular flexibility index (Phi) is 5.03. The Morgan fingerprint density at radius 3 is 2.41 bits per heavy atom. The van der Waals surface area contributed by atoms with Crippen molar-refractivity contribution in [2.75, 3.05) is 13.2 Å². The van der Waals surface area contributed by atoms with Gasteiger partial charge >= 0.3 is 5.63 Å². The quantitative estimate of drug-likeness (QED) is 0.314. The second-order valence-electron chi connectivity index (χ2n) is 6.06. The highest BCUT2D eigenvalue weighted by Gasteiger charge is 2.13. The molecule has 2 aromatic carbocycles. The van der Waals surface area contributed by atoms with Gasteiger partial charge in [-0.25, -0.2) is 4.79 Å². The van der Waals surface area contributed by atoms with Gasteiger partial charge in [0.25, 0.3) is 0 Å². The van der Waals surface area contributed by atoms with Gasteiger partial charge in [0.05, 0.1) is 30.2 Å². The van der Waals surface area contributed by atoms with Crippen LogP contribution in [0.2, 0.25) is 5.02 Å². The van der Waals surface area contributed by atoms with Crippen LogP contribution in [0.5, 0.6) is 11.5 Å². The van der Waals surface area contributed by atoms with E-state index >= 15 is 0 Å². The normalized spacial score (nSPS) is 11.1. The second kappa shape index (κ2) is 7.76. The molecule has 0 saturated heterocycles. The maximum Gasteiger partial charge on any atom is 0.336 e. The third kappa shape index (κ3) is 3.93. The summed E-state index contributed by atoms with van der Waals surface area (Å²) in [6.45, 7) is 1.11. The van der Waals surface area contributed by atoms with Crippen molar-refractivity contribution in [3.63, 3.8) is 0 Å². The molecule has 0 amide bonds. The minimum absolute atomic E-state index is 0.404. The molecule has 0 spiro atoms. The van der Waals surface area contributed by atoms with Crippen LogP contribution in [0.1, 0.15) is 12.8 Å². The molecule has 2 heterocycles. The van der Waals surface area contributed by atoms with Crippen molar-refractivity contribution in [3.8, 4) is 11.5 Å². The second-order valence-corrected chi connectivity index (χ2v) is 6.50. The van der Waals surface area contributed by atoms with Gasteiger partial charge in [-0.1, -0.05) is 11.6 Å². The molecule has 5 nitrogen and oxygen atoms in total. The van der Waals surface area contributed by atoms with Gasteiger partial charge < -0.3 is 18.3 Å². The Labute approximate surface area is 160 Å². The van der Waals surface area contributed by atoms with Crippen LogP contribution < -0.4 is 15.1 Å². The van der Waals surface area contributed by atoms with E-state index in [0.29, 0.717) is 35.2 Å². The van der Waals surface area contributed by atoms with Gasteiger partial charge in [0, 0.05) is 17.2 Å². The summed E-state index contributed by atoms with van der Waals surface area (Å²) in [5, 5.41) is 2.29. The van der Waals surface area contributed by atoms with E-state index < -0.39 is 5.63 Å². The van der Waals surface area contributed by atoms with Gasteiger partial charge in [-0.05, 0) is 49.2 Å². The lowest BCUT2D eigenvalue weighted by Gasteiger charge is -2.10. The highest BCUT2D eigenvalue weighted by Crippen LogP contribution is 2.35. The van der Waals surface area contributed by atoms with Crippen molar-refractivity contribution in [1.82, 2.24) is 0 Å². The molecular formula is C21H17ClO5. The lowest BCUT2D eigenvalue weighted by Crippen LogP contribution is -2.03. The molecule has 0 aliphatic heterocycles. The molecule has 0 aliphatic rings. The van der Waals surface area contributed by atoms with E-state index in [2.05, 4.69) is 0 Å². The van der Waals surface area contributed by atoms with E-state index in [0.717, 1.165) is 29.4 Å². The van der Waals surface area contributed by atoms with Crippen molar-refractivity contribution in [2.45, 2.75) is 12.8 Å². The summed E-state index contributed by atoms with van der Waals surface area (Å²) < 4.78 is 22.4. The Hall–Kier alpha value is -2.92. The molecule has 0 unspecified atom stereocenters. The molecular weight excluding hydrogens is 368 g/mol. The molecule has 4 rings (SSSR count). The van der Waals surface area contributed by atoms with E-state index in [1.807, 2.05) is 18.2 Å². The molecule has 0 saturated carbocycles. The average molecular weight is 385 g/mol. The minimum atomic E-state index is -0.404. The third-order valence-electron chi connectivity index (χ3n) is 4.18. The van der Waals surface area contributed by atoms with Crippen LogP contribution in [0.3, 0.4) is 0 Å². The van der Waals surface area contributed by atoms with Crippen LogP contribution in [-0.2, 0) is 0 Å². The standard InChI is InChI=1S/C21H17ClO5/c22-14-3-5-15(6-4-14)24-10-1-2-11-26-21-16-7-8-20(23)27-19(16)13-18-17(21)9-12-25-18/h3-9,12-13H,1-2,10-11H2. The van der Waals surface area contributed by atoms with E-state index in [4.69, 9.17) is 29.9 Å². The number of furan rings is 1. The third-order valence-corrected chi connectivity index (χ3v) is 4.43. The Morgan fingerprint density at radius 2 is 1.59 bits per heavy atom. The highest BCUT2D eigenvalue weighted by atomic mass is 35.5. The van der Waals surface area contributed by atoms with E-state index in [1.165, 1.54) is 6.07 Å².